The molecule has 1 aliphatic rings. The van der Waals surface area contributed by atoms with Gasteiger partial charge >= 0.3 is 0 Å². The quantitative estimate of drug-likeness (QED) is 0.773. The number of nitrogens with zero attached hydrogens (tertiary/aromatic N) is 1. The van der Waals surface area contributed by atoms with Crippen LogP contribution >= 0.6 is 23.4 Å². The third-order valence-electron chi connectivity index (χ3n) is 3.52. The van der Waals surface area contributed by atoms with Crippen molar-refractivity contribution in [3.8, 4) is 5.75 Å². The van der Waals surface area contributed by atoms with Crippen molar-refractivity contribution in [1.29, 1.82) is 0 Å². The maximum absolute atomic E-state index is 12.2. The van der Waals surface area contributed by atoms with Crippen LogP contribution in [-0.4, -0.2) is 17.7 Å². The summed E-state index contributed by atoms with van der Waals surface area (Å²) >= 11 is 7.28. The van der Waals surface area contributed by atoms with Crippen LogP contribution in [0.3, 0.4) is 0 Å². The molecule has 0 atom stereocenters. The molecule has 1 heterocycles. The average Bonchev–Trinajstić information content (AvgIpc) is 2.92. The number of carbonyl (C=O) groups is 1. The zero-order valence-corrected chi connectivity index (χ0v) is 15.4. The highest BCUT2D eigenvalue weighted by Crippen LogP contribution is 2.30. The number of carbonyl (C=O) groups excluding carboxylic acids is 1. The number of halogens is 1. The molecule has 6 heteroatoms. The number of thioether (sulfide) groups is 1. The van der Waals surface area contributed by atoms with Gasteiger partial charge in [-0.2, -0.15) is 0 Å². The molecule has 0 unspecified atom stereocenters. The van der Waals surface area contributed by atoms with Crippen LogP contribution in [0.4, 0.5) is 5.69 Å². The van der Waals surface area contributed by atoms with E-state index < -0.39 is 0 Å². The summed E-state index contributed by atoms with van der Waals surface area (Å²) in [4.78, 5) is 17.3. The Morgan fingerprint density at radius 1 is 1.24 bits per heavy atom. The molecule has 0 aliphatic carbocycles. The number of rotatable bonds is 4. The highest BCUT2D eigenvalue weighted by molar-refractivity contribution is 8.18. The zero-order valence-electron chi connectivity index (χ0n) is 13.9. The first kappa shape index (κ1) is 17.6. The van der Waals surface area contributed by atoms with E-state index in [0.717, 1.165) is 22.6 Å². The number of amides is 1. The Hall–Kier alpha value is -2.24. The SMILES string of the molecule is CCOc1ccc(/C=C2\SC(=Nc3ccc(Cl)cc3C)NC2=O)cc1. The predicted octanol–water partition coefficient (Wildman–Crippen LogP) is 4.94. The van der Waals surface area contributed by atoms with Crippen molar-refractivity contribution in [3.63, 3.8) is 0 Å². The van der Waals surface area contributed by atoms with Crippen molar-refractivity contribution in [3.05, 3.63) is 63.5 Å². The Kier molecular flexibility index (Phi) is 5.46. The van der Waals surface area contributed by atoms with Gasteiger partial charge in [-0.3, -0.25) is 4.79 Å². The Labute approximate surface area is 155 Å². The normalized spacial score (nSPS) is 17.2. The Bertz CT molecular complexity index is 860. The van der Waals surface area contributed by atoms with E-state index in [1.807, 2.05) is 56.3 Å². The molecule has 0 spiro atoms. The highest BCUT2D eigenvalue weighted by atomic mass is 35.5. The van der Waals surface area contributed by atoms with Gasteiger partial charge in [-0.25, -0.2) is 4.99 Å². The molecule has 4 nitrogen and oxygen atoms in total. The first-order valence-electron chi connectivity index (χ1n) is 7.84. The van der Waals surface area contributed by atoms with Gasteiger partial charge < -0.3 is 10.1 Å². The number of hydrogen-bond donors (Lipinski definition) is 1. The van der Waals surface area contributed by atoms with Gasteiger partial charge in [-0.05, 0) is 73.1 Å². The van der Waals surface area contributed by atoms with Gasteiger partial charge in [0, 0.05) is 5.02 Å². The average molecular weight is 373 g/mol. The maximum Gasteiger partial charge on any atom is 0.264 e. The standard InChI is InChI=1S/C19H17ClN2O2S/c1-3-24-15-7-4-13(5-8-15)11-17-18(23)22-19(25-17)21-16-9-6-14(20)10-12(16)2/h4-11H,3H2,1-2H3,(H,21,22,23)/b17-11-. The highest BCUT2D eigenvalue weighted by Gasteiger charge is 2.23. The van der Waals surface area contributed by atoms with Crippen LogP contribution in [0.1, 0.15) is 18.1 Å². The van der Waals surface area contributed by atoms with Crippen LogP contribution in [0.15, 0.2) is 52.4 Å². The topological polar surface area (TPSA) is 50.7 Å². The monoisotopic (exact) mass is 372 g/mol. The number of hydrogen-bond acceptors (Lipinski definition) is 4. The van der Waals surface area contributed by atoms with Gasteiger partial charge in [-0.15, -0.1) is 0 Å². The van der Waals surface area contributed by atoms with Crippen molar-refractivity contribution in [2.75, 3.05) is 6.61 Å². The van der Waals surface area contributed by atoms with Crippen molar-refractivity contribution < 1.29 is 9.53 Å². The number of benzene rings is 2. The number of amidine groups is 1. The molecule has 1 saturated heterocycles. The predicted molar refractivity (Wildman–Crippen MR) is 105 cm³/mol. The lowest BCUT2D eigenvalue weighted by atomic mass is 10.2. The smallest absolute Gasteiger partial charge is 0.264 e. The lowest BCUT2D eigenvalue weighted by Crippen LogP contribution is -2.19. The van der Waals surface area contributed by atoms with Crippen LogP contribution in [-0.2, 0) is 4.79 Å². The summed E-state index contributed by atoms with van der Waals surface area (Å²) in [5.41, 5.74) is 2.68. The first-order valence-corrected chi connectivity index (χ1v) is 9.03. The minimum absolute atomic E-state index is 0.149. The molecule has 2 aromatic carbocycles. The summed E-state index contributed by atoms with van der Waals surface area (Å²) in [6, 6.07) is 13.1. The Morgan fingerprint density at radius 3 is 2.68 bits per heavy atom. The van der Waals surface area contributed by atoms with E-state index in [2.05, 4.69) is 10.3 Å². The second-order valence-electron chi connectivity index (χ2n) is 5.41. The first-order chi connectivity index (χ1) is 12.0. The number of ether oxygens (including phenoxy) is 1. The minimum Gasteiger partial charge on any atom is -0.494 e. The fourth-order valence-corrected chi connectivity index (χ4v) is 3.37. The fraction of sp³-hybridized carbons (Fsp3) is 0.158. The van der Waals surface area contributed by atoms with Crippen LogP contribution in [0.5, 0.6) is 5.75 Å². The number of aryl methyl sites for hydroxylation is 1. The van der Waals surface area contributed by atoms with Gasteiger partial charge in [0.15, 0.2) is 5.17 Å². The van der Waals surface area contributed by atoms with E-state index in [1.165, 1.54) is 11.8 Å². The van der Waals surface area contributed by atoms with Crippen molar-refractivity contribution in [2.45, 2.75) is 13.8 Å². The van der Waals surface area contributed by atoms with Crippen molar-refractivity contribution in [1.82, 2.24) is 5.32 Å². The summed E-state index contributed by atoms with van der Waals surface area (Å²) in [5.74, 6) is 0.665. The second-order valence-corrected chi connectivity index (χ2v) is 6.88. The minimum atomic E-state index is -0.149. The van der Waals surface area contributed by atoms with E-state index in [9.17, 15) is 4.79 Å². The molecule has 1 N–H and O–H groups in total. The van der Waals surface area contributed by atoms with Crippen LogP contribution < -0.4 is 10.1 Å². The molecule has 25 heavy (non-hydrogen) atoms. The molecule has 0 aromatic heterocycles. The van der Waals surface area contributed by atoms with Crippen LogP contribution in [0, 0.1) is 6.92 Å². The molecule has 3 rings (SSSR count). The molecule has 1 aliphatic heterocycles. The van der Waals surface area contributed by atoms with E-state index in [1.54, 1.807) is 6.07 Å². The molecule has 0 radical (unpaired) electrons. The lowest BCUT2D eigenvalue weighted by Gasteiger charge is -2.02. The van der Waals surface area contributed by atoms with E-state index in [-0.39, 0.29) is 5.91 Å². The summed E-state index contributed by atoms with van der Waals surface area (Å²) < 4.78 is 5.42. The summed E-state index contributed by atoms with van der Waals surface area (Å²) in [6.45, 7) is 4.50. The van der Waals surface area contributed by atoms with E-state index >= 15 is 0 Å². The number of aliphatic imine (C=N–C) groups is 1. The number of nitrogens with one attached hydrogen (secondary N) is 1. The van der Waals surface area contributed by atoms with Gasteiger partial charge in [-0.1, -0.05) is 23.7 Å². The second kappa shape index (κ2) is 7.76. The molecule has 2 aromatic rings. The van der Waals surface area contributed by atoms with E-state index in [0.29, 0.717) is 21.7 Å². The van der Waals surface area contributed by atoms with Gasteiger partial charge in [0.05, 0.1) is 17.2 Å². The van der Waals surface area contributed by atoms with Crippen molar-refractivity contribution in [2.24, 2.45) is 4.99 Å². The third kappa shape index (κ3) is 4.44. The van der Waals surface area contributed by atoms with E-state index in [4.69, 9.17) is 16.3 Å². The lowest BCUT2D eigenvalue weighted by molar-refractivity contribution is -0.115. The maximum atomic E-state index is 12.2. The van der Waals surface area contributed by atoms with Gasteiger partial charge in [0.2, 0.25) is 0 Å². The molecule has 1 amide bonds. The van der Waals surface area contributed by atoms with Crippen molar-refractivity contribution >= 4 is 46.2 Å². The zero-order chi connectivity index (χ0) is 17.8. The summed E-state index contributed by atoms with van der Waals surface area (Å²) in [5, 5.41) is 4.02. The molecule has 0 bridgehead atoms. The third-order valence-corrected chi connectivity index (χ3v) is 4.67. The van der Waals surface area contributed by atoms with Crippen LogP contribution in [0.2, 0.25) is 5.02 Å². The summed E-state index contributed by atoms with van der Waals surface area (Å²) in [7, 11) is 0. The van der Waals surface area contributed by atoms with Crippen LogP contribution in [0.25, 0.3) is 6.08 Å². The van der Waals surface area contributed by atoms with Gasteiger partial charge in [0.25, 0.3) is 5.91 Å². The molecule has 0 saturated carbocycles. The van der Waals surface area contributed by atoms with Gasteiger partial charge in [0.1, 0.15) is 5.75 Å². The Morgan fingerprint density at radius 2 is 2.00 bits per heavy atom. The Balaban J connectivity index is 1.78. The molecule has 1 fully saturated rings. The molecule has 128 valence electrons. The molecular formula is C19H17ClN2O2S. The summed E-state index contributed by atoms with van der Waals surface area (Å²) in [6.07, 6.45) is 1.84. The largest absolute Gasteiger partial charge is 0.494 e. The molecular weight excluding hydrogens is 356 g/mol. The fourth-order valence-electron chi connectivity index (χ4n) is 2.31.